The van der Waals surface area contributed by atoms with E-state index in [2.05, 4.69) is 24.3 Å². The quantitative estimate of drug-likeness (QED) is 0.725. The van der Waals surface area contributed by atoms with Gasteiger partial charge in [-0.15, -0.1) is 0 Å². The van der Waals surface area contributed by atoms with E-state index < -0.39 is 0 Å². The highest BCUT2D eigenvalue weighted by atomic mass is 16.5. The SMILES string of the molecule is COc1cc(C#N)ccc1OCCCOc1ccc2c(c1)CCC2. The van der Waals surface area contributed by atoms with Gasteiger partial charge < -0.3 is 14.2 Å². The van der Waals surface area contributed by atoms with E-state index in [4.69, 9.17) is 19.5 Å². The molecule has 0 bridgehead atoms. The molecule has 0 fully saturated rings. The Morgan fingerprint density at radius 3 is 2.62 bits per heavy atom. The lowest BCUT2D eigenvalue weighted by Gasteiger charge is -2.11. The van der Waals surface area contributed by atoms with Crippen molar-refractivity contribution >= 4 is 0 Å². The molecular formula is C20H21NO3. The number of hydrogen-bond donors (Lipinski definition) is 0. The lowest BCUT2D eigenvalue weighted by Crippen LogP contribution is -2.06. The second-order valence-electron chi connectivity index (χ2n) is 5.81. The van der Waals surface area contributed by atoms with Crippen molar-refractivity contribution in [3.63, 3.8) is 0 Å². The van der Waals surface area contributed by atoms with Gasteiger partial charge in [0, 0.05) is 12.5 Å². The van der Waals surface area contributed by atoms with Crippen molar-refractivity contribution in [2.45, 2.75) is 25.7 Å². The zero-order chi connectivity index (χ0) is 16.8. The predicted molar refractivity (Wildman–Crippen MR) is 91.8 cm³/mol. The summed E-state index contributed by atoms with van der Waals surface area (Å²) < 4.78 is 16.8. The standard InChI is InChI=1S/C20H21NO3/c1-22-20-12-15(14-21)6-9-19(20)24-11-3-10-23-18-8-7-16-4-2-5-17(16)13-18/h6-9,12-13H,2-5,10-11H2,1H3. The summed E-state index contributed by atoms with van der Waals surface area (Å²) in [6, 6.07) is 13.6. The molecule has 3 rings (SSSR count). The summed E-state index contributed by atoms with van der Waals surface area (Å²) in [4.78, 5) is 0. The van der Waals surface area contributed by atoms with E-state index in [9.17, 15) is 0 Å². The van der Waals surface area contributed by atoms with Crippen molar-refractivity contribution in [3.05, 3.63) is 53.1 Å². The molecule has 2 aromatic rings. The summed E-state index contributed by atoms with van der Waals surface area (Å²) in [5.41, 5.74) is 3.43. The highest BCUT2D eigenvalue weighted by molar-refractivity contribution is 5.46. The number of nitriles is 1. The van der Waals surface area contributed by atoms with Crippen molar-refractivity contribution < 1.29 is 14.2 Å². The van der Waals surface area contributed by atoms with Crippen LogP contribution in [-0.2, 0) is 12.8 Å². The molecule has 1 aliphatic carbocycles. The van der Waals surface area contributed by atoms with Crippen LogP contribution in [0.2, 0.25) is 0 Å². The Bertz CT molecular complexity index is 749. The lowest BCUT2D eigenvalue weighted by molar-refractivity contribution is 0.240. The van der Waals surface area contributed by atoms with Crippen LogP contribution in [0.25, 0.3) is 0 Å². The Balaban J connectivity index is 1.45. The Labute approximate surface area is 142 Å². The van der Waals surface area contributed by atoms with Gasteiger partial charge in [-0.25, -0.2) is 0 Å². The summed E-state index contributed by atoms with van der Waals surface area (Å²) in [7, 11) is 1.57. The van der Waals surface area contributed by atoms with Crippen LogP contribution in [0.4, 0.5) is 0 Å². The first-order valence-electron chi connectivity index (χ1n) is 8.25. The summed E-state index contributed by atoms with van der Waals surface area (Å²) in [6.45, 7) is 1.14. The Kier molecular flexibility index (Phi) is 5.22. The first-order valence-corrected chi connectivity index (χ1v) is 8.25. The van der Waals surface area contributed by atoms with Gasteiger partial charge in [-0.05, 0) is 54.7 Å². The van der Waals surface area contributed by atoms with E-state index in [0.29, 0.717) is 30.3 Å². The molecule has 0 saturated carbocycles. The van der Waals surface area contributed by atoms with Crippen molar-refractivity contribution in [1.82, 2.24) is 0 Å². The first-order chi connectivity index (χ1) is 11.8. The van der Waals surface area contributed by atoms with Gasteiger partial charge in [-0.3, -0.25) is 0 Å². The van der Waals surface area contributed by atoms with Gasteiger partial charge in [0.25, 0.3) is 0 Å². The minimum Gasteiger partial charge on any atom is -0.493 e. The van der Waals surface area contributed by atoms with Crippen LogP contribution < -0.4 is 14.2 Å². The molecule has 1 aliphatic rings. The molecular weight excluding hydrogens is 302 g/mol. The fourth-order valence-electron chi connectivity index (χ4n) is 2.93. The molecule has 24 heavy (non-hydrogen) atoms. The number of aryl methyl sites for hydroxylation is 2. The third-order valence-electron chi connectivity index (χ3n) is 4.18. The Hall–Kier alpha value is -2.67. The lowest BCUT2D eigenvalue weighted by atomic mass is 10.1. The van der Waals surface area contributed by atoms with Gasteiger partial charge in [-0.1, -0.05) is 6.07 Å². The number of benzene rings is 2. The molecule has 0 atom stereocenters. The number of rotatable bonds is 7. The first kappa shape index (κ1) is 16.2. The average Bonchev–Trinajstić information content (AvgIpc) is 3.09. The van der Waals surface area contributed by atoms with Gasteiger partial charge in [0.15, 0.2) is 11.5 Å². The van der Waals surface area contributed by atoms with Crippen LogP contribution in [-0.4, -0.2) is 20.3 Å². The fraction of sp³-hybridized carbons (Fsp3) is 0.350. The monoisotopic (exact) mass is 323 g/mol. The van der Waals surface area contributed by atoms with E-state index in [1.165, 1.54) is 24.0 Å². The number of ether oxygens (including phenoxy) is 3. The van der Waals surface area contributed by atoms with Gasteiger partial charge in [0.1, 0.15) is 5.75 Å². The molecule has 4 heteroatoms. The van der Waals surface area contributed by atoms with Crippen molar-refractivity contribution in [3.8, 4) is 23.3 Å². The molecule has 0 saturated heterocycles. The molecule has 0 N–H and O–H groups in total. The van der Waals surface area contributed by atoms with Crippen LogP contribution in [0.1, 0.15) is 29.5 Å². The predicted octanol–water partition coefficient (Wildman–Crippen LogP) is 3.90. The van der Waals surface area contributed by atoms with Crippen molar-refractivity contribution in [2.24, 2.45) is 0 Å². The minimum absolute atomic E-state index is 0.535. The van der Waals surface area contributed by atoms with E-state index in [1.807, 2.05) is 0 Å². The molecule has 0 aromatic heterocycles. The van der Waals surface area contributed by atoms with Crippen LogP contribution in [0, 0.1) is 11.3 Å². The molecule has 0 spiro atoms. The largest absolute Gasteiger partial charge is 0.493 e. The van der Waals surface area contributed by atoms with Crippen LogP contribution >= 0.6 is 0 Å². The zero-order valence-electron chi connectivity index (χ0n) is 13.9. The molecule has 0 unspecified atom stereocenters. The summed E-state index contributed by atoms with van der Waals surface area (Å²) in [5, 5.41) is 8.90. The van der Waals surface area contributed by atoms with Crippen molar-refractivity contribution in [1.29, 1.82) is 5.26 Å². The average molecular weight is 323 g/mol. The van der Waals surface area contributed by atoms with Gasteiger partial charge in [0.2, 0.25) is 0 Å². The van der Waals surface area contributed by atoms with Gasteiger partial charge in [0.05, 0.1) is 32.0 Å². The normalized spacial score (nSPS) is 12.3. The molecule has 0 amide bonds. The smallest absolute Gasteiger partial charge is 0.162 e. The van der Waals surface area contributed by atoms with E-state index in [1.54, 1.807) is 25.3 Å². The maximum absolute atomic E-state index is 8.90. The van der Waals surface area contributed by atoms with E-state index in [-0.39, 0.29) is 0 Å². The Morgan fingerprint density at radius 2 is 1.79 bits per heavy atom. The van der Waals surface area contributed by atoms with Crippen LogP contribution in [0.5, 0.6) is 17.2 Å². The zero-order valence-corrected chi connectivity index (χ0v) is 13.9. The summed E-state index contributed by atoms with van der Waals surface area (Å²) >= 11 is 0. The molecule has 2 aromatic carbocycles. The summed E-state index contributed by atoms with van der Waals surface area (Å²) in [5.74, 6) is 2.16. The highest BCUT2D eigenvalue weighted by Gasteiger charge is 2.11. The third-order valence-corrected chi connectivity index (χ3v) is 4.18. The maximum atomic E-state index is 8.90. The third kappa shape index (κ3) is 3.80. The second-order valence-corrected chi connectivity index (χ2v) is 5.81. The summed E-state index contributed by atoms with van der Waals surface area (Å²) in [6.07, 6.45) is 4.38. The fourth-order valence-corrected chi connectivity index (χ4v) is 2.93. The van der Waals surface area contributed by atoms with E-state index in [0.717, 1.165) is 18.6 Å². The topological polar surface area (TPSA) is 51.5 Å². The second kappa shape index (κ2) is 7.74. The van der Waals surface area contributed by atoms with Crippen LogP contribution in [0.15, 0.2) is 36.4 Å². The highest BCUT2D eigenvalue weighted by Crippen LogP contribution is 2.28. The Morgan fingerprint density at radius 1 is 0.958 bits per heavy atom. The van der Waals surface area contributed by atoms with Crippen molar-refractivity contribution in [2.75, 3.05) is 20.3 Å². The number of methoxy groups -OCH3 is 1. The number of fused-ring (bicyclic) bond motifs is 1. The minimum atomic E-state index is 0.535. The van der Waals surface area contributed by atoms with Gasteiger partial charge in [-0.2, -0.15) is 5.26 Å². The van der Waals surface area contributed by atoms with E-state index >= 15 is 0 Å². The van der Waals surface area contributed by atoms with Gasteiger partial charge >= 0.3 is 0 Å². The molecule has 4 nitrogen and oxygen atoms in total. The number of hydrogen-bond acceptors (Lipinski definition) is 4. The molecule has 0 heterocycles. The molecule has 124 valence electrons. The van der Waals surface area contributed by atoms with Crippen LogP contribution in [0.3, 0.4) is 0 Å². The number of nitrogens with zero attached hydrogens (tertiary/aromatic N) is 1. The maximum Gasteiger partial charge on any atom is 0.162 e. The molecule has 0 radical (unpaired) electrons. The molecule has 0 aliphatic heterocycles.